The van der Waals surface area contributed by atoms with E-state index in [4.69, 9.17) is 4.74 Å². The number of amides is 1. The van der Waals surface area contributed by atoms with E-state index in [1.165, 1.54) is 0 Å². The molecular formula is C14H18BrNO2. The summed E-state index contributed by atoms with van der Waals surface area (Å²) < 4.78 is 6.16. The summed E-state index contributed by atoms with van der Waals surface area (Å²) in [5, 5.41) is 2.96. The van der Waals surface area contributed by atoms with Gasteiger partial charge in [0.15, 0.2) is 0 Å². The molecule has 3 nitrogen and oxygen atoms in total. The third-order valence-corrected chi connectivity index (χ3v) is 3.89. The maximum Gasteiger partial charge on any atom is 0.252 e. The number of benzene rings is 1. The maximum atomic E-state index is 12.0. The van der Waals surface area contributed by atoms with Gasteiger partial charge in [-0.2, -0.15) is 0 Å². The summed E-state index contributed by atoms with van der Waals surface area (Å²) in [5.41, 5.74) is 1.84. The molecule has 18 heavy (non-hydrogen) atoms. The molecular weight excluding hydrogens is 294 g/mol. The highest BCUT2D eigenvalue weighted by Crippen LogP contribution is 2.19. The predicted molar refractivity (Wildman–Crippen MR) is 74.8 cm³/mol. The van der Waals surface area contributed by atoms with Crippen molar-refractivity contribution in [1.82, 2.24) is 5.32 Å². The summed E-state index contributed by atoms with van der Waals surface area (Å²) in [7, 11) is 0. The quantitative estimate of drug-likeness (QED) is 0.928. The molecule has 1 unspecified atom stereocenters. The number of halogens is 1. The number of aryl methyl sites for hydroxylation is 1. The SMILES string of the molecule is Cc1ccc(C(=O)NCCC2CCOC2)c(Br)c1. The van der Waals surface area contributed by atoms with Crippen molar-refractivity contribution in [2.24, 2.45) is 5.92 Å². The van der Waals surface area contributed by atoms with E-state index in [1.54, 1.807) is 0 Å². The fourth-order valence-corrected chi connectivity index (χ4v) is 2.77. The summed E-state index contributed by atoms with van der Waals surface area (Å²) in [4.78, 5) is 12.0. The van der Waals surface area contributed by atoms with Gasteiger partial charge in [0.2, 0.25) is 0 Å². The van der Waals surface area contributed by atoms with Crippen LogP contribution in [0.3, 0.4) is 0 Å². The van der Waals surface area contributed by atoms with Crippen LogP contribution in [0.4, 0.5) is 0 Å². The van der Waals surface area contributed by atoms with Crippen molar-refractivity contribution in [3.63, 3.8) is 0 Å². The zero-order valence-corrected chi connectivity index (χ0v) is 12.1. The number of nitrogens with one attached hydrogen (secondary N) is 1. The molecule has 0 spiro atoms. The minimum atomic E-state index is -0.0132. The highest BCUT2D eigenvalue weighted by atomic mass is 79.9. The highest BCUT2D eigenvalue weighted by molar-refractivity contribution is 9.10. The summed E-state index contributed by atoms with van der Waals surface area (Å²) >= 11 is 3.43. The third kappa shape index (κ3) is 3.56. The Morgan fingerprint density at radius 1 is 1.56 bits per heavy atom. The molecule has 0 aromatic heterocycles. The van der Waals surface area contributed by atoms with Gasteiger partial charge in [0.25, 0.3) is 5.91 Å². The Balaban J connectivity index is 1.83. The van der Waals surface area contributed by atoms with E-state index in [0.29, 0.717) is 18.0 Å². The Kier molecular flexibility index (Phi) is 4.78. The van der Waals surface area contributed by atoms with Crippen molar-refractivity contribution >= 4 is 21.8 Å². The lowest BCUT2D eigenvalue weighted by atomic mass is 10.1. The molecule has 0 radical (unpaired) electrons. The Morgan fingerprint density at radius 2 is 2.39 bits per heavy atom. The van der Waals surface area contributed by atoms with Gasteiger partial charge in [-0.05, 0) is 59.3 Å². The minimum absolute atomic E-state index is 0.0132. The Bertz CT molecular complexity index is 428. The van der Waals surface area contributed by atoms with E-state index >= 15 is 0 Å². The van der Waals surface area contributed by atoms with Gasteiger partial charge in [-0.3, -0.25) is 4.79 Å². The first-order valence-corrected chi connectivity index (χ1v) is 7.08. The first-order chi connectivity index (χ1) is 8.66. The Labute approximate surface area is 116 Å². The van der Waals surface area contributed by atoms with Crippen LogP contribution >= 0.6 is 15.9 Å². The second kappa shape index (κ2) is 6.34. The average Bonchev–Trinajstić information content (AvgIpc) is 2.81. The number of ether oxygens (including phenoxy) is 1. The van der Waals surface area contributed by atoms with Crippen molar-refractivity contribution in [2.45, 2.75) is 19.8 Å². The molecule has 0 bridgehead atoms. The standard InChI is InChI=1S/C14H18BrNO2/c1-10-2-3-12(13(15)8-10)14(17)16-6-4-11-5-7-18-9-11/h2-3,8,11H,4-7,9H2,1H3,(H,16,17). The minimum Gasteiger partial charge on any atom is -0.381 e. The van der Waals surface area contributed by atoms with Gasteiger partial charge in [0, 0.05) is 24.2 Å². The van der Waals surface area contributed by atoms with Gasteiger partial charge in [-0.15, -0.1) is 0 Å². The molecule has 1 N–H and O–H groups in total. The van der Waals surface area contributed by atoms with Gasteiger partial charge in [0.05, 0.1) is 5.56 Å². The van der Waals surface area contributed by atoms with Crippen molar-refractivity contribution < 1.29 is 9.53 Å². The smallest absolute Gasteiger partial charge is 0.252 e. The van der Waals surface area contributed by atoms with Gasteiger partial charge in [0.1, 0.15) is 0 Å². The largest absolute Gasteiger partial charge is 0.381 e. The highest BCUT2D eigenvalue weighted by Gasteiger charge is 2.16. The van der Waals surface area contributed by atoms with Crippen LogP contribution in [0, 0.1) is 12.8 Å². The summed E-state index contributed by atoms with van der Waals surface area (Å²) in [6.07, 6.45) is 2.11. The molecule has 1 aromatic rings. The van der Waals surface area contributed by atoms with E-state index in [1.807, 2.05) is 25.1 Å². The van der Waals surface area contributed by atoms with E-state index in [0.717, 1.165) is 36.1 Å². The van der Waals surface area contributed by atoms with Gasteiger partial charge in [-0.25, -0.2) is 0 Å². The van der Waals surface area contributed by atoms with E-state index in [-0.39, 0.29) is 5.91 Å². The number of carbonyl (C=O) groups is 1. The number of rotatable bonds is 4. The van der Waals surface area contributed by atoms with Crippen LogP contribution in [0.1, 0.15) is 28.8 Å². The van der Waals surface area contributed by atoms with Crippen LogP contribution in [-0.2, 0) is 4.74 Å². The van der Waals surface area contributed by atoms with E-state index < -0.39 is 0 Å². The van der Waals surface area contributed by atoms with Crippen LogP contribution in [-0.4, -0.2) is 25.7 Å². The van der Waals surface area contributed by atoms with Crippen molar-refractivity contribution in [2.75, 3.05) is 19.8 Å². The van der Waals surface area contributed by atoms with Crippen LogP contribution in [0.5, 0.6) is 0 Å². The monoisotopic (exact) mass is 311 g/mol. The fraction of sp³-hybridized carbons (Fsp3) is 0.500. The molecule has 1 amide bonds. The Hall–Kier alpha value is -0.870. The molecule has 0 saturated carbocycles. The predicted octanol–water partition coefficient (Wildman–Crippen LogP) is 2.91. The van der Waals surface area contributed by atoms with Crippen LogP contribution < -0.4 is 5.32 Å². The lowest BCUT2D eigenvalue weighted by Crippen LogP contribution is -2.26. The Morgan fingerprint density at radius 3 is 3.06 bits per heavy atom. The zero-order chi connectivity index (χ0) is 13.0. The topological polar surface area (TPSA) is 38.3 Å². The van der Waals surface area contributed by atoms with Crippen LogP contribution in [0.2, 0.25) is 0 Å². The summed E-state index contributed by atoms with van der Waals surface area (Å²) in [6.45, 7) is 4.42. The number of hydrogen-bond donors (Lipinski definition) is 1. The molecule has 2 rings (SSSR count). The average molecular weight is 312 g/mol. The molecule has 1 heterocycles. The normalized spacial score (nSPS) is 18.9. The molecule has 1 aromatic carbocycles. The fourth-order valence-electron chi connectivity index (χ4n) is 2.10. The van der Waals surface area contributed by atoms with Gasteiger partial charge >= 0.3 is 0 Å². The van der Waals surface area contributed by atoms with Crippen molar-refractivity contribution in [1.29, 1.82) is 0 Å². The molecule has 4 heteroatoms. The van der Waals surface area contributed by atoms with Crippen molar-refractivity contribution in [3.8, 4) is 0 Å². The molecule has 98 valence electrons. The van der Waals surface area contributed by atoms with Crippen LogP contribution in [0.25, 0.3) is 0 Å². The maximum absolute atomic E-state index is 12.0. The first kappa shape index (κ1) is 13.6. The summed E-state index contributed by atoms with van der Waals surface area (Å²) in [5.74, 6) is 0.590. The van der Waals surface area contributed by atoms with E-state index in [9.17, 15) is 4.79 Å². The lowest BCUT2D eigenvalue weighted by Gasteiger charge is -2.10. The second-order valence-corrected chi connectivity index (χ2v) is 5.61. The van der Waals surface area contributed by atoms with Crippen molar-refractivity contribution in [3.05, 3.63) is 33.8 Å². The van der Waals surface area contributed by atoms with Gasteiger partial charge in [-0.1, -0.05) is 6.07 Å². The number of hydrogen-bond acceptors (Lipinski definition) is 2. The molecule has 0 aliphatic carbocycles. The van der Waals surface area contributed by atoms with Crippen LogP contribution in [0.15, 0.2) is 22.7 Å². The number of carbonyl (C=O) groups excluding carboxylic acids is 1. The summed E-state index contributed by atoms with van der Waals surface area (Å²) in [6, 6.07) is 5.76. The third-order valence-electron chi connectivity index (χ3n) is 3.23. The zero-order valence-electron chi connectivity index (χ0n) is 10.5. The molecule has 1 saturated heterocycles. The first-order valence-electron chi connectivity index (χ1n) is 6.29. The lowest BCUT2D eigenvalue weighted by molar-refractivity contribution is 0.0949. The molecule has 1 aliphatic heterocycles. The molecule has 1 atom stereocenters. The molecule has 1 fully saturated rings. The molecule has 1 aliphatic rings. The van der Waals surface area contributed by atoms with Gasteiger partial charge < -0.3 is 10.1 Å². The van der Waals surface area contributed by atoms with E-state index in [2.05, 4.69) is 21.2 Å². The second-order valence-electron chi connectivity index (χ2n) is 4.76.